The number of methoxy groups -OCH3 is 1. The minimum absolute atomic E-state index is 0.0188. The van der Waals surface area contributed by atoms with E-state index in [0.29, 0.717) is 6.04 Å². The van der Waals surface area contributed by atoms with Crippen LogP contribution in [0.15, 0.2) is 6.07 Å². The second-order valence-electron chi connectivity index (χ2n) is 5.79. The summed E-state index contributed by atoms with van der Waals surface area (Å²) in [6.45, 7) is 4.32. The van der Waals surface area contributed by atoms with Crippen molar-refractivity contribution < 1.29 is 4.74 Å². The number of aryl methyl sites for hydroxylation is 2. The maximum atomic E-state index is 5.51. The van der Waals surface area contributed by atoms with Crippen molar-refractivity contribution in [1.29, 1.82) is 0 Å². The topological polar surface area (TPSA) is 21.3 Å². The minimum Gasteiger partial charge on any atom is -0.379 e. The second-order valence-corrected chi connectivity index (χ2v) is 6.96. The number of hydrogen-bond acceptors (Lipinski definition) is 3. The van der Waals surface area contributed by atoms with Gasteiger partial charge in [0.25, 0.3) is 0 Å². The molecule has 0 aromatic carbocycles. The van der Waals surface area contributed by atoms with Gasteiger partial charge >= 0.3 is 0 Å². The third kappa shape index (κ3) is 3.14. The molecule has 1 aliphatic rings. The molecule has 0 radical (unpaired) electrons. The maximum Gasteiger partial charge on any atom is 0.0623 e. The van der Waals surface area contributed by atoms with Gasteiger partial charge in [0.2, 0.25) is 0 Å². The molecule has 0 aliphatic heterocycles. The van der Waals surface area contributed by atoms with Crippen LogP contribution in [0.2, 0.25) is 0 Å². The Kier molecular flexibility index (Phi) is 4.46. The first-order valence-corrected chi connectivity index (χ1v) is 7.71. The molecule has 0 bridgehead atoms. The van der Waals surface area contributed by atoms with Gasteiger partial charge in [-0.2, -0.15) is 0 Å². The molecule has 3 heteroatoms. The average Bonchev–Trinajstić information content (AvgIpc) is 2.90. The molecule has 2 nitrogen and oxygen atoms in total. The van der Waals surface area contributed by atoms with Crippen molar-refractivity contribution in [2.75, 3.05) is 14.2 Å². The number of fused-ring (bicyclic) bond motifs is 1. The summed E-state index contributed by atoms with van der Waals surface area (Å²) in [4.78, 5) is 3.13. The Labute approximate surface area is 115 Å². The molecular formula is C15H25NOS. The fraction of sp³-hybridized carbons (Fsp3) is 0.733. The molecule has 0 saturated carbocycles. The molecule has 0 amide bonds. The fourth-order valence-electron chi connectivity index (χ4n) is 2.55. The van der Waals surface area contributed by atoms with Crippen LogP contribution in [-0.2, 0) is 17.6 Å². The average molecular weight is 267 g/mol. The van der Waals surface area contributed by atoms with Gasteiger partial charge in [-0.25, -0.2) is 0 Å². The molecule has 1 N–H and O–H groups in total. The van der Waals surface area contributed by atoms with E-state index in [-0.39, 0.29) is 5.60 Å². The van der Waals surface area contributed by atoms with Crippen molar-refractivity contribution in [2.24, 2.45) is 0 Å². The number of ether oxygens (including phenoxy) is 1. The van der Waals surface area contributed by atoms with E-state index in [1.165, 1.54) is 24.1 Å². The summed E-state index contributed by atoms with van der Waals surface area (Å²) >= 11 is 2.01. The van der Waals surface area contributed by atoms with Crippen LogP contribution < -0.4 is 5.32 Å². The fourth-order valence-corrected chi connectivity index (χ4v) is 3.95. The van der Waals surface area contributed by atoms with Crippen molar-refractivity contribution in [3.8, 4) is 0 Å². The third-order valence-electron chi connectivity index (χ3n) is 4.05. The van der Waals surface area contributed by atoms with E-state index in [4.69, 9.17) is 4.74 Å². The Morgan fingerprint density at radius 2 is 2.22 bits per heavy atom. The monoisotopic (exact) mass is 267 g/mol. The first-order valence-electron chi connectivity index (χ1n) is 6.89. The van der Waals surface area contributed by atoms with E-state index in [9.17, 15) is 0 Å². The van der Waals surface area contributed by atoms with Gasteiger partial charge in [0.1, 0.15) is 0 Å². The molecule has 0 fully saturated rings. The van der Waals surface area contributed by atoms with Gasteiger partial charge in [-0.05, 0) is 64.6 Å². The summed E-state index contributed by atoms with van der Waals surface area (Å²) < 4.78 is 5.51. The predicted molar refractivity (Wildman–Crippen MR) is 78.5 cm³/mol. The molecular weight excluding hydrogens is 242 g/mol. The van der Waals surface area contributed by atoms with Crippen LogP contribution >= 0.6 is 11.3 Å². The third-order valence-corrected chi connectivity index (χ3v) is 5.40. The Morgan fingerprint density at radius 3 is 2.83 bits per heavy atom. The van der Waals surface area contributed by atoms with Crippen molar-refractivity contribution in [1.82, 2.24) is 5.32 Å². The maximum absolute atomic E-state index is 5.51. The summed E-state index contributed by atoms with van der Waals surface area (Å²) in [7, 11) is 3.86. The summed E-state index contributed by atoms with van der Waals surface area (Å²) in [6, 6.07) is 2.91. The van der Waals surface area contributed by atoms with Crippen molar-refractivity contribution in [3.63, 3.8) is 0 Å². The zero-order chi connectivity index (χ0) is 13.2. The van der Waals surface area contributed by atoms with Crippen LogP contribution in [0, 0.1) is 0 Å². The first kappa shape index (κ1) is 14.0. The zero-order valence-corrected chi connectivity index (χ0v) is 12.8. The molecule has 1 aromatic heterocycles. The Hall–Kier alpha value is -0.380. The summed E-state index contributed by atoms with van der Waals surface area (Å²) in [5.41, 5.74) is 1.58. The molecule has 1 aromatic rings. The van der Waals surface area contributed by atoms with E-state index in [0.717, 1.165) is 12.8 Å². The SMILES string of the molecule is CNC(CCC(C)(C)OC)c1cc2c(s1)CCC2. The summed E-state index contributed by atoms with van der Waals surface area (Å²) in [5, 5.41) is 3.46. The summed E-state index contributed by atoms with van der Waals surface area (Å²) in [5.74, 6) is 0. The lowest BCUT2D eigenvalue weighted by atomic mass is 9.98. The first-order chi connectivity index (χ1) is 8.55. The molecule has 1 atom stereocenters. The van der Waals surface area contributed by atoms with E-state index in [1.54, 1.807) is 17.6 Å². The highest BCUT2D eigenvalue weighted by Crippen LogP contribution is 2.35. The van der Waals surface area contributed by atoms with Gasteiger partial charge < -0.3 is 10.1 Å². The zero-order valence-electron chi connectivity index (χ0n) is 12.0. The van der Waals surface area contributed by atoms with Crippen molar-refractivity contribution in [3.05, 3.63) is 21.4 Å². The van der Waals surface area contributed by atoms with Crippen LogP contribution in [0.3, 0.4) is 0 Å². The van der Waals surface area contributed by atoms with Gasteiger partial charge in [0.15, 0.2) is 0 Å². The lowest BCUT2D eigenvalue weighted by molar-refractivity contribution is 0.0119. The van der Waals surface area contributed by atoms with E-state index in [1.807, 2.05) is 11.3 Å². The predicted octanol–water partition coefficient (Wildman–Crippen LogP) is 3.70. The van der Waals surface area contributed by atoms with E-state index >= 15 is 0 Å². The quantitative estimate of drug-likeness (QED) is 0.848. The Morgan fingerprint density at radius 1 is 1.44 bits per heavy atom. The molecule has 1 unspecified atom stereocenters. The smallest absolute Gasteiger partial charge is 0.0623 e. The summed E-state index contributed by atoms with van der Waals surface area (Å²) in [6.07, 6.45) is 6.14. The highest BCUT2D eigenvalue weighted by Gasteiger charge is 2.22. The largest absolute Gasteiger partial charge is 0.379 e. The Balaban J connectivity index is 2.00. The van der Waals surface area contributed by atoms with Crippen LogP contribution in [0.25, 0.3) is 0 Å². The molecule has 2 rings (SSSR count). The van der Waals surface area contributed by atoms with Crippen LogP contribution in [-0.4, -0.2) is 19.8 Å². The van der Waals surface area contributed by atoms with Crippen molar-refractivity contribution in [2.45, 2.75) is 57.6 Å². The van der Waals surface area contributed by atoms with E-state index < -0.39 is 0 Å². The molecule has 1 heterocycles. The van der Waals surface area contributed by atoms with Gasteiger partial charge in [-0.15, -0.1) is 11.3 Å². The number of rotatable bonds is 6. The van der Waals surface area contributed by atoms with E-state index in [2.05, 4.69) is 32.3 Å². The van der Waals surface area contributed by atoms with Crippen LogP contribution in [0.5, 0.6) is 0 Å². The van der Waals surface area contributed by atoms with Crippen LogP contribution in [0.4, 0.5) is 0 Å². The van der Waals surface area contributed by atoms with Crippen LogP contribution in [0.1, 0.15) is 54.5 Å². The molecule has 102 valence electrons. The molecule has 0 saturated heterocycles. The number of nitrogens with one attached hydrogen (secondary N) is 1. The second kappa shape index (κ2) is 5.72. The van der Waals surface area contributed by atoms with Crippen molar-refractivity contribution >= 4 is 11.3 Å². The molecule has 18 heavy (non-hydrogen) atoms. The van der Waals surface area contributed by atoms with Gasteiger partial charge in [-0.3, -0.25) is 0 Å². The minimum atomic E-state index is -0.0188. The number of thiophene rings is 1. The van der Waals surface area contributed by atoms with Gasteiger partial charge in [-0.1, -0.05) is 0 Å². The standard InChI is InChI=1S/C15H25NOS/c1-15(2,17-4)9-8-12(16-3)14-10-11-6-5-7-13(11)18-14/h10,12,16H,5-9H2,1-4H3. The highest BCUT2D eigenvalue weighted by molar-refractivity contribution is 7.12. The normalized spacial score (nSPS) is 16.9. The molecule has 0 spiro atoms. The van der Waals surface area contributed by atoms with Gasteiger partial charge in [0, 0.05) is 22.9 Å². The lowest BCUT2D eigenvalue weighted by Crippen LogP contribution is -2.25. The van der Waals surface area contributed by atoms with Gasteiger partial charge in [0.05, 0.1) is 5.60 Å². The number of hydrogen-bond donors (Lipinski definition) is 1. The highest BCUT2D eigenvalue weighted by atomic mass is 32.1. The molecule has 1 aliphatic carbocycles. The Bertz CT molecular complexity index is 376. The lowest BCUT2D eigenvalue weighted by Gasteiger charge is -2.25.